The molecule has 0 saturated heterocycles. The molecule has 1 aromatic carbocycles. The van der Waals surface area contributed by atoms with Crippen LogP contribution in [0.2, 0.25) is 0 Å². The van der Waals surface area contributed by atoms with Crippen LogP contribution in [0.5, 0.6) is 5.75 Å². The Morgan fingerprint density at radius 1 is 1.24 bits per heavy atom. The largest absolute Gasteiger partial charge is 0.476 e. The third kappa shape index (κ3) is 3.55. The van der Waals surface area contributed by atoms with Crippen molar-refractivity contribution in [3.63, 3.8) is 0 Å². The molecule has 0 aliphatic rings. The van der Waals surface area contributed by atoms with Crippen molar-refractivity contribution < 1.29 is 26.7 Å². The number of nitrogens with two attached hydrogens (primary N) is 1. The Morgan fingerprint density at radius 3 is 2.24 bits per heavy atom. The molecule has 0 fully saturated rings. The summed E-state index contributed by atoms with van der Waals surface area (Å²) in [5, 5.41) is 0. The molecule has 0 aliphatic heterocycles. The van der Waals surface area contributed by atoms with Crippen molar-refractivity contribution in [2.24, 2.45) is 5.73 Å². The molecule has 2 N–H and O–H groups in total. The van der Waals surface area contributed by atoms with Gasteiger partial charge in [0.05, 0.1) is 0 Å². The zero-order valence-corrected chi connectivity index (χ0v) is 8.76. The highest BCUT2D eigenvalue weighted by Crippen LogP contribution is 2.28. The van der Waals surface area contributed by atoms with Gasteiger partial charge >= 0.3 is 6.18 Å². The minimum Gasteiger partial charge on any atom is -0.476 e. The van der Waals surface area contributed by atoms with Crippen LogP contribution >= 0.6 is 0 Å². The zero-order chi connectivity index (χ0) is 13.2. The van der Waals surface area contributed by atoms with Crippen molar-refractivity contribution in [3.05, 3.63) is 29.8 Å². The Labute approximate surface area is 94.2 Å². The number of alkyl halides is 3. The molecule has 2 atom stereocenters. The molecule has 1 aromatic rings. The fourth-order valence-electron chi connectivity index (χ4n) is 1.18. The minimum absolute atomic E-state index is 0.434. The van der Waals surface area contributed by atoms with E-state index < -0.39 is 35.7 Å². The standard InChI is InChI=1S/C10H10F5NO/c1-5(16)9(10(13,14)15)17-8-3-2-6(11)4-7(8)12/h2-5,9H,16H2,1H3. The van der Waals surface area contributed by atoms with Gasteiger partial charge in [0.2, 0.25) is 6.10 Å². The third-order valence-corrected chi connectivity index (χ3v) is 1.95. The van der Waals surface area contributed by atoms with Gasteiger partial charge < -0.3 is 10.5 Å². The number of ether oxygens (including phenoxy) is 1. The van der Waals surface area contributed by atoms with Crippen LogP contribution in [0.4, 0.5) is 22.0 Å². The molecule has 2 nitrogen and oxygen atoms in total. The van der Waals surface area contributed by atoms with Gasteiger partial charge in [-0.05, 0) is 19.1 Å². The van der Waals surface area contributed by atoms with Crippen molar-refractivity contribution in [2.75, 3.05) is 0 Å². The fourth-order valence-corrected chi connectivity index (χ4v) is 1.18. The second-order valence-corrected chi connectivity index (χ2v) is 3.51. The first-order chi connectivity index (χ1) is 7.71. The Kier molecular flexibility index (Phi) is 3.92. The van der Waals surface area contributed by atoms with E-state index in [1.165, 1.54) is 0 Å². The van der Waals surface area contributed by atoms with Crippen molar-refractivity contribution in [1.82, 2.24) is 0 Å². The lowest BCUT2D eigenvalue weighted by Crippen LogP contribution is -2.47. The van der Waals surface area contributed by atoms with Gasteiger partial charge in [0.15, 0.2) is 11.6 Å². The van der Waals surface area contributed by atoms with E-state index in [4.69, 9.17) is 5.73 Å². The van der Waals surface area contributed by atoms with E-state index in [1.807, 2.05) is 0 Å². The summed E-state index contributed by atoms with van der Waals surface area (Å²) < 4.78 is 67.5. The molecule has 2 unspecified atom stereocenters. The summed E-state index contributed by atoms with van der Waals surface area (Å²) in [5.74, 6) is -2.80. The molecule has 0 aliphatic carbocycles. The summed E-state index contributed by atoms with van der Waals surface area (Å²) in [6, 6.07) is 0.641. The molecule has 0 bridgehead atoms. The summed E-state index contributed by atoms with van der Waals surface area (Å²) in [4.78, 5) is 0. The van der Waals surface area contributed by atoms with Crippen LogP contribution in [0, 0.1) is 11.6 Å². The smallest absolute Gasteiger partial charge is 0.426 e. The van der Waals surface area contributed by atoms with Crippen molar-refractivity contribution in [1.29, 1.82) is 0 Å². The summed E-state index contributed by atoms with van der Waals surface area (Å²) in [6.45, 7) is 1.08. The van der Waals surface area contributed by atoms with Crippen LogP contribution in [-0.4, -0.2) is 18.3 Å². The number of benzene rings is 1. The first-order valence-electron chi connectivity index (χ1n) is 4.66. The average Bonchev–Trinajstić information content (AvgIpc) is 2.13. The highest BCUT2D eigenvalue weighted by molar-refractivity contribution is 5.25. The SMILES string of the molecule is CC(N)C(Oc1ccc(F)cc1F)C(F)(F)F. The molecule has 1 rings (SSSR count). The van der Waals surface area contributed by atoms with E-state index in [1.54, 1.807) is 0 Å². The fraction of sp³-hybridized carbons (Fsp3) is 0.400. The van der Waals surface area contributed by atoms with Crippen LogP contribution in [0.25, 0.3) is 0 Å². The Bertz CT molecular complexity index is 391. The Balaban J connectivity index is 2.94. The maximum atomic E-state index is 13.1. The Morgan fingerprint density at radius 2 is 1.82 bits per heavy atom. The van der Waals surface area contributed by atoms with E-state index in [9.17, 15) is 22.0 Å². The van der Waals surface area contributed by atoms with Gasteiger partial charge in [0.1, 0.15) is 5.82 Å². The van der Waals surface area contributed by atoms with Gasteiger partial charge in [0, 0.05) is 12.1 Å². The maximum absolute atomic E-state index is 13.1. The molecule has 0 spiro atoms. The van der Waals surface area contributed by atoms with Gasteiger partial charge in [0.25, 0.3) is 0 Å². The maximum Gasteiger partial charge on any atom is 0.426 e. The van der Waals surface area contributed by atoms with E-state index >= 15 is 0 Å². The molecular formula is C10H10F5NO. The summed E-state index contributed by atoms with van der Waals surface area (Å²) >= 11 is 0. The van der Waals surface area contributed by atoms with Gasteiger partial charge in [-0.15, -0.1) is 0 Å². The summed E-state index contributed by atoms with van der Waals surface area (Å²) in [5.41, 5.74) is 5.11. The molecule has 0 saturated carbocycles. The molecule has 96 valence electrons. The molecule has 0 amide bonds. The van der Waals surface area contributed by atoms with Crippen LogP contribution in [0.15, 0.2) is 18.2 Å². The lowest BCUT2D eigenvalue weighted by atomic mass is 10.2. The van der Waals surface area contributed by atoms with Gasteiger partial charge in [-0.25, -0.2) is 8.78 Å². The number of rotatable bonds is 3. The van der Waals surface area contributed by atoms with Crippen LogP contribution in [-0.2, 0) is 0 Å². The molecule has 7 heteroatoms. The van der Waals surface area contributed by atoms with Gasteiger partial charge in [-0.1, -0.05) is 0 Å². The van der Waals surface area contributed by atoms with Gasteiger partial charge in [-0.3, -0.25) is 0 Å². The molecule has 0 heterocycles. The average molecular weight is 255 g/mol. The summed E-state index contributed by atoms with van der Waals surface area (Å²) in [7, 11) is 0. The number of hydrogen-bond acceptors (Lipinski definition) is 2. The van der Waals surface area contributed by atoms with Crippen LogP contribution < -0.4 is 10.5 Å². The number of halogens is 5. The van der Waals surface area contributed by atoms with E-state index in [0.29, 0.717) is 6.07 Å². The second-order valence-electron chi connectivity index (χ2n) is 3.51. The summed E-state index contributed by atoms with van der Waals surface area (Å²) in [6.07, 6.45) is -7.07. The highest BCUT2D eigenvalue weighted by atomic mass is 19.4. The van der Waals surface area contributed by atoms with Gasteiger partial charge in [-0.2, -0.15) is 13.2 Å². The normalized spacial score (nSPS) is 15.5. The van der Waals surface area contributed by atoms with E-state index in [2.05, 4.69) is 4.74 Å². The van der Waals surface area contributed by atoms with Crippen molar-refractivity contribution >= 4 is 0 Å². The predicted octanol–water partition coefficient (Wildman–Crippen LogP) is 2.62. The third-order valence-electron chi connectivity index (χ3n) is 1.95. The van der Waals surface area contributed by atoms with Crippen molar-refractivity contribution in [3.8, 4) is 5.75 Å². The minimum atomic E-state index is -4.73. The molecule has 0 aromatic heterocycles. The molecule has 17 heavy (non-hydrogen) atoms. The van der Waals surface area contributed by atoms with E-state index in [-0.39, 0.29) is 0 Å². The number of hydrogen-bond donors (Lipinski definition) is 1. The Hall–Kier alpha value is -1.37. The topological polar surface area (TPSA) is 35.2 Å². The quantitative estimate of drug-likeness (QED) is 0.842. The van der Waals surface area contributed by atoms with E-state index in [0.717, 1.165) is 19.1 Å². The first kappa shape index (κ1) is 13.7. The lowest BCUT2D eigenvalue weighted by Gasteiger charge is -2.24. The first-order valence-corrected chi connectivity index (χ1v) is 4.66. The van der Waals surface area contributed by atoms with Crippen LogP contribution in [0.1, 0.15) is 6.92 Å². The second kappa shape index (κ2) is 4.87. The lowest BCUT2D eigenvalue weighted by molar-refractivity contribution is -0.199. The molecule has 0 radical (unpaired) electrons. The highest BCUT2D eigenvalue weighted by Gasteiger charge is 2.44. The predicted molar refractivity (Wildman–Crippen MR) is 50.5 cm³/mol. The van der Waals surface area contributed by atoms with Crippen LogP contribution in [0.3, 0.4) is 0 Å². The monoisotopic (exact) mass is 255 g/mol. The van der Waals surface area contributed by atoms with Crippen molar-refractivity contribution in [2.45, 2.75) is 25.2 Å². The molecular weight excluding hydrogens is 245 g/mol. The zero-order valence-electron chi connectivity index (χ0n) is 8.76.